The van der Waals surface area contributed by atoms with Crippen LogP contribution in [0.3, 0.4) is 0 Å². The number of carbonyl (C=O) groups is 2. The number of hydrogen-bond acceptors (Lipinski definition) is 6. The maximum Gasteiger partial charge on any atom is 0.251 e. The molecule has 0 aromatic heterocycles. The van der Waals surface area contributed by atoms with Crippen LogP contribution in [0, 0.1) is 0 Å². The Bertz CT molecular complexity index is 1160. The normalized spacial score (nSPS) is 11.4. The monoisotopic (exact) mass is 478 g/mol. The van der Waals surface area contributed by atoms with Crippen molar-refractivity contribution in [3.63, 3.8) is 0 Å². The minimum absolute atomic E-state index is 0.133. The number of nitrogens with one attached hydrogen (secondary N) is 2. The van der Waals surface area contributed by atoms with Gasteiger partial charge < -0.3 is 33.6 Å². The molecule has 0 saturated heterocycles. The summed E-state index contributed by atoms with van der Waals surface area (Å²) in [5.74, 6) is -0.678. The van der Waals surface area contributed by atoms with E-state index < -0.39 is 0 Å². The summed E-state index contributed by atoms with van der Waals surface area (Å²) in [6.45, 7) is 3.86. The number of carbonyl (C=O) groups excluding carboxylic acids is 2. The molecule has 0 aliphatic carbocycles. The number of nitrogens with two attached hydrogens (primary N) is 4. The molecule has 12 heteroatoms. The zero-order chi connectivity index (χ0) is 25.8. The maximum atomic E-state index is 12.3. The number of amides is 2. The molecule has 2 aromatic carbocycles. The van der Waals surface area contributed by atoms with Crippen LogP contribution in [0.4, 0.5) is 5.69 Å². The predicted molar refractivity (Wildman–Crippen MR) is 139 cm³/mol. The zero-order valence-corrected chi connectivity index (χ0v) is 19.7. The molecule has 0 bridgehead atoms. The van der Waals surface area contributed by atoms with Crippen molar-refractivity contribution in [2.24, 2.45) is 43.3 Å². The Labute approximate surface area is 203 Å². The molecule has 0 unspecified atom stereocenters. The second-order valence-corrected chi connectivity index (χ2v) is 7.49. The quantitative estimate of drug-likeness (QED) is 0.126. The van der Waals surface area contributed by atoms with E-state index in [4.69, 9.17) is 22.9 Å². The van der Waals surface area contributed by atoms with Crippen molar-refractivity contribution in [3.05, 3.63) is 65.2 Å². The third-order valence-electron chi connectivity index (χ3n) is 4.63. The van der Waals surface area contributed by atoms with Crippen LogP contribution in [0.1, 0.15) is 48.2 Å². The van der Waals surface area contributed by atoms with Crippen molar-refractivity contribution >= 4 is 40.8 Å². The fraction of sp³-hybridized carbons (Fsp3) is 0.217. The first kappa shape index (κ1) is 26.5. The van der Waals surface area contributed by atoms with Crippen molar-refractivity contribution in [1.29, 1.82) is 0 Å². The van der Waals surface area contributed by atoms with E-state index in [-0.39, 0.29) is 30.2 Å². The summed E-state index contributed by atoms with van der Waals surface area (Å²) in [5, 5.41) is 20.7. The van der Waals surface area contributed by atoms with Gasteiger partial charge in [-0.3, -0.25) is 9.59 Å². The molecule has 2 aromatic rings. The zero-order valence-electron chi connectivity index (χ0n) is 19.7. The first-order valence-corrected chi connectivity index (χ1v) is 10.7. The number of hydrogen-bond donors (Lipinski definition) is 6. The summed E-state index contributed by atoms with van der Waals surface area (Å²) in [6.07, 6.45) is 0.718. The van der Waals surface area contributed by atoms with Gasteiger partial charge >= 0.3 is 0 Å². The Balaban J connectivity index is 1.81. The Hall–Kier alpha value is -4.74. The van der Waals surface area contributed by atoms with E-state index in [2.05, 4.69) is 31.0 Å². The highest BCUT2D eigenvalue weighted by atomic mass is 16.2. The second kappa shape index (κ2) is 13.1. The highest BCUT2D eigenvalue weighted by Gasteiger charge is 2.08. The van der Waals surface area contributed by atoms with Gasteiger partial charge in [-0.1, -0.05) is 24.3 Å². The largest absolute Gasteiger partial charge is 0.369 e. The minimum atomic E-state index is -0.237. The van der Waals surface area contributed by atoms with Gasteiger partial charge in [-0.05, 0) is 55.7 Å². The van der Waals surface area contributed by atoms with Crippen LogP contribution in [0.25, 0.3) is 0 Å². The van der Waals surface area contributed by atoms with Crippen LogP contribution in [0.5, 0.6) is 0 Å². The highest BCUT2D eigenvalue weighted by molar-refractivity contribution is 6.01. The molecule has 0 atom stereocenters. The van der Waals surface area contributed by atoms with Gasteiger partial charge in [-0.15, -0.1) is 10.2 Å². The molecule has 10 N–H and O–H groups in total. The van der Waals surface area contributed by atoms with E-state index in [1.807, 2.05) is 6.07 Å². The molecule has 0 saturated carbocycles. The number of nitrogens with zero attached hydrogens (tertiary/aromatic N) is 4. The molecule has 0 fully saturated rings. The van der Waals surface area contributed by atoms with Crippen molar-refractivity contribution in [2.45, 2.75) is 26.7 Å². The van der Waals surface area contributed by atoms with Gasteiger partial charge in [0.25, 0.3) is 5.91 Å². The average molecular weight is 479 g/mol. The molecular formula is C23H30N10O2. The van der Waals surface area contributed by atoms with Gasteiger partial charge in [-0.2, -0.15) is 10.2 Å². The summed E-state index contributed by atoms with van der Waals surface area (Å²) in [5.41, 5.74) is 25.0. The first-order chi connectivity index (χ1) is 16.7. The lowest BCUT2D eigenvalue weighted by atomic mass is 10.1. The van der Waals surface area contributed by atoms with E-state index in [1.165, 1.54) is 0 Å². The van der Waals surface area contributed by atoms with Gasteiger partial charge in [-0.25, -0.2) is 0 Å². The molecule has 0 radical (unpaired) electrons. The van der Waals surface area contributed by atoms with Crippen molar-refractivity contribution in [3.8, 4) is 0 Å². The summed E-state index contributed by atoms with van der Waals surface area (Å²) < 4.78 is 0. The van der Waals surface area contributed by atoms with E-state index >= 15 is 0 Å². The summed E-state index contributed by atoms with van der Waals surface area (Å²) in [7, 11) is 0. The van der Waals surface area contributed by atoms with Crippen LogP contribution in [-0.4, -0.2) is 41.7 Å². The van der Waals surface area contributed by atoms with Crippen LogP contribution in [0.15, 0.2) is 68.9 Å². The molecule has 0 spiro atoms. The molecule has 2 amide bonds. The molecule has 184 valence electrons. The third kappa shape index (κ3) is 9.34. The molecular weight excluding hydrogens is 448 g/mol. The Kier molecular flexibility index (Phi) is 9.91. The standard InChI is InChI=1S/C23H30N10O2/c1-14(30-32-22(24)25)16-8-10-17(11-9-16)21(35)28-12-4-7-20(34)29-19-6-3-5-18(13-19)15(2)31-33-23(26)27/h3,5-6,8-11,13H,4,7,12H2,1-2H3,(H,28,35)(H,29,34)(H4,24,25,32)(H4,26,27,33)/b30-14+,31-15+. The van der Waals surface area contributed by atoms with Gasteiger partial charge in [0, 0.05) is 24.2 Å². The van der Waals surface area contributed by atoms with Crippen LogP contribution < -0.4 is 33.6 Å². The van der Waals surface area contributed by atoms with E-state index in [9.17, 15) is 9.59 Å². The van der Waals surface area contributed by atoms with Gasteiger partial charge in [0.2, 0.25) is 17.8 Å². The van der Waals surface area contributed by atoms with Crippen molar-refractivity contribution in [1.82, 2.24) is 5.32 Å². The summed E-state index contributed by atoms with van der Waals surface area (Å²) in [6, 6.07) is 14.0. The average Bonchev–Trinajstić information content (AvgIpc) is 2.83. The Morgan fingerprint density at radius 2 is 1.34 bits per heavy atom. The summed E-state index contributed by atoms with van der Waals surface area (Å²) >= 11 is 0. The maximum absolute atomic E-state index is 12.3. The predicted octanol–water partition coefficient (Wildman–Crippen LogP) is 0.830. The molecule has 2 rings (SSSR count). The highest BCUT2D eigenvalue weighted by Crippen LogP contribution is 2.13. The lowest BCUT2D eigenvalue weighted by Crippen LogP contribution is -2.25. The lowest BCUT2D eigenvalue weighted by molar-refractivity contribution is -0.116. The van der Waals surface area contributed by atoms with E-state index in [0.717, 1.165) is 11.1 Å². The minimum Gasteiger partial charge on any atom is -0.369 e. The van der Waals surface area contributed by atoms with Crippen LogP contribution in [-0.2, 0) is 4.79 Å². The SMILES string of the molecule is C/C(=N\N=C(N)N)c1ccc(C(=O)NCCCC(=O)Nc2cccc(/C(C)=N/N=C(N)N)c2)cc1. The van der Waals surface area contributed by atoms with Crippen molar-refractivity contribution < 1.29 is 9.59 Å². The van der Waals surface area contributed by atoms with E-state index in [0.29, 0.717) is 35.6 Å². The van der Waals surface area contributed by atoms with Crippen LogP contribution in [0.2, 0.25) is 0 Å². The molecule has 0 aliphatic heterocycles. The smallest absolute Gasteiger partial charge is 0.251 e. The first-order valence-electron chi connectivity index (χ1n) is 10.7. The molecule has 0 aliphatic rings. The number of anilines is 1. The number of rotatable bonds is 10. The van der Waals surface area contributed by atoms with Crippen LogP contribution >= 0.6 is 0 Å². The number of guanidine groups is 2. The third-order valence-corrected chi connectivity index (χ3v) is 4.63. The van der Waals surface area contributed by atoms with Gasteiger partial charge in [0.1, 0.15) is 0 Å². The fourth-order valence-electron chi connectivity index (χ4n) is 2.84. The Morgan fingerprint density at radius 3 is 1.94 bits per heavy atom. The van der Waals surface area contributed by atoms with Gasteiger partial charge in [0.15, 0.2) is 0 Å². The molecule has 0 heterocycles. The number of benzene rings is 2. The van der Waals surface area contributed by atoms with E-state index in [1.54, 1.807) is 56.3 Å². The van der Waals surface area contributed by atoms with Crippen molar-refractivity contribution in [2.75, 3.05) is 11.9 Å². The second-order valence-electron chi connectivity index (χ2n) is 7.49. The topological polar surface area (TPSA) is 212 Å². The summed E-state index contributed by atoms with van der Waals surface area (Å²) in [4.78, 5) is 24.6. The molecule has 35 heavy (non-hydrogen) atoms. The lowest BCUT2D eigenvalue weighted by Gasteiger charge is -2.08. The Morgan fingerprint density at radius 1 is 0.771 bits per heavy atom. The van der Waals surface area contributed by atoms with Gasteiger partial charge in [0.05, 0.1) is 11.4 Å². The fourth-order valence-corrected chi connectivity index (χ4v) is 2.84. The molecule has 12 nitrogen and oxygen atoms in total.